The molecule has 0 aliphatic heterocycles. The molecule has 0 aliphatic rings. The lowest BCUT2D eigenvalue weighted by atomic mass is 10.0. The van der Waals surface area contributed by atoms with Crippen molar-refractivity contribution in [1.29, 1.82) is 0 Å². The highest BCUT2D eigenvalue weighted by Crippen LogP contribution is 2.35. The summed E-state index contributed by atoms with van der Waals surface area (Å²) in [5.74, 6) is -1.84. The molecule has 1 rings (SSSR count). The van der Waals surface area contributed by atoms with Crippen LogP contribution in [0.1, 0.15) is 11.1 Å². The van der Waals surface area contributed by atoms with Gasteiger partial charge in [-0.05, 0) is 17.7 Å². The summed E-state index contributed by atoms with van der Waals surface area (Å²) in [6, 6.07) is 2.06. The summed E-state index contributed by atoms with van der Waals surface area (Å²) in [6.07, 6.45) is -9.74. The Morgan fingerprint density at radius 3 is 1.79 bits per heavy atom. The molecule has 0 unspecified atom stereocenters. The molecule has 0 spiro atoms. The highest BCUT2D eigenvalue weighted by Gasteiger charge is 2.36. The van der Waals surface area contributed by atoms with Crippen molar-refractivity contribution < 1.29 is 36.2 Å². The Morgan fingerprint density at radius 1 is 1.00 bits per heavy atom. The maximum Gasteiger partial charge on any atom is 0.417 e. The van der Waals surface area contributed by atoms with Crippen LogP contribution in [0.3, 0.4) is 0 Å². The molecule has 0 aromatic heterocycles. The minimum Gasteiger partial charge on any atom is -0.478 e. The van der Waals surface area contributed by atoms with Gasteiger partial charge < -0.3 is 5.11 Å². The molecule has 0 radical (unpaired) electrons. The van der Waals surface area contributed by atoms with Gasteiger partial charge >= 0.3 is 18.3 Å². The van der Waals surface area contributed by atoms with E-state index in [1.54, 1.807) is 0 Å². The maximum absolute atomic E-state index is 12.5. The van der Waals surface area contributed by atoms with Crippen LogP contribution in [0, 0.1) is 0 Å². The van der Waals surface area contributed by atoms with E-state index in [0.29, 0.717) is 24.3 Å². The molecular weight excluding hydrogens is 278 g/mol. The number of allylic oxidation sites excluding steroid dienone is 1. The highest BCUT2D eigenvalue weighted by molar-refractivity contribution is 5.91. The van der Waals surface area contributed by atoms with Crippen LogP contribution in [-0.4, -0.2) is 17.3 Å². The van der Waals surface area contributed by atoms with Crippen LogP contribution < -0.4 is 0 Å². The third-order valence-electron chi connectivity index (χ3n) is 2.10. The van der Waals surface area contributed by atoms with Crippen LogP contribution in [0.25, 0.3) is 5.57 Å². The van der Waals surface area contributed by atoms with Gasteiger partial charge in [0.05, 0.1) is 11.1 Å². The van der Waals surface area contributed by atoms with E-state index in [4.69, 9.17) is 5.11 Å². The lowest BCUT2D eigenvalue weighted by Crippen LogP contribution is -2.13. The molecule has 0 saturated carbocycles. The van der Waals surface area contributed by atoms with Crippen molar-refractivity contribution in [3.8, 4) is 0 Å². The Morgan fingerprint density at radius 2 is 1.47 bits per heavy atom. The molecule has 0 aliphatic carbocycles. The summed E-state index contributed by atoms with van der Waals surface area (Å²) in [5.41, 5.74) is -3.29. The van der Waals surface area contributed by atoms with Crippen molar-refractivity contribution in [2.75, 3.05) is 0 Å². The van der Waals surface area contributed by atoms with E-state index in [2.05, 4.69) is 0 Å². The molecule has 104 valence electrons. The number of rotatable bonds is 2. The summed E-state index contributed by atoms with van der Waals surface area (Å²) in [5, 5.41) is 8.34. The number of carboxylic acid groups (broad SMARTS) is 1. The van der Waals surface area contributed by atoms with Gasteiger partial charge in [0.1, 0.15) is 0 Å². The minimum absolute atomic E-state index is 0.0946. The zero-order valence-electron chi connectivity index (χ0n) is 9.01. The van der Waals surface area contributed by atoms with Crippen LogP contribution >= 0.6 is 0 Å². The zero-order valence-corrected chi connectivity index (χ0v) is 9.01. The molecule has 1 N–H and O–H groups in total. The Kier molecular flexibility index (Phi) is 3.92. The van der Waals surface area contributed by atoms with Crippen LogP contribution in [0.2, 0.25) is 0 Å². The molecule has 0 amide bonds. The average Bonchev–Trinajstić information content (AvgIpc) is 2.23. The molecule has 2 nitrogen and oxygen atoms in total. The van der Waals surface area contributed by atoms with Gasteiger partial charge in [-0.25, -0.2) is 4.79 Å². The molecule has 1 aromatic carbocycles. The van der Waals surface area contributed by atoms with E-state index in [9.17, 15) is 31.1 Å². The maximum atomic E-state index is 12.5. The standard InChI is InChI=1S/C11H6F6O2/c12-10(13,14)7-3-1-6(2-4-7)8(5-9(18)19)11(15,16)17/h1-5H,(H,18,19). The fourth-order valence-corrected chi connectivity index (χ4v) is 1.29. The molecule has 19 heavy (non-hydrogen) atoms. The van der Waals surface area contributed by atoms with Crippen molar-refractivity contribution >= 4 is 11.5 Å². The fourth-order valence-electron chi connectivity index (χ4n) is 1.29. The third kappa shape index (κ3) is 4.01. The molecule has 0 atom stereocenters. The number of aliphatic carboxylic acids is 1. The Balaban J connectivity index is 3.24. The van der Waals surface area contributed by atoms with Crippen LogP contribution in [0.5, 0.6) is 0 Å². The molecule has 8 heteroatoms. The van der Waals surface area contributed by atoms with Gasteiger partial charge in [0, 0.05) is 6.08 Å². The van der Waals surface area contributed by atoms with E-state index < -0.39 is 35.0 Å². The van der Waals surface area contributed by atoms with Crippen LogP contribution in [-0.2, 0) is 11.0 Å². The third-order valence-corrected chi connectivity index (χ3v) is 2.10. The first kappa shape index (κ1) is 15.1. The van der Waals surface area contributed by atoms with Crippen molar-refractivity contribution in [3.63, 3.8) is 0 Å². The summed E-state index contributed by atoms with van der Waals surface area (Å²) in [4.78, 5) is 10.3. The number of benzene rings is 1. The van der Waals surface area contributed by atoms with Gasteiger partial charge in [-0.1, -0.05) is 12.1 Å². The van der Waals surface area contributed by atoms with Crippen LogP contribution in [0.4, 0.5) is 26.3 Å². The Labute approximate surface area is 103 Å². The van der Waals surface area contributed by atoms with Gasteiger partial charge in [0.2, 0.25) is 0 Å². The second kappa shape index (κ2) is 4.94. The molecule has 0 fully saturated rings. The van der Waals surface area contributed by atoms with Crippen molar-refractivity contribution in [2.24, 2.45) is 0 Å². The predicted molar refractivity (Wildman–Crippen MR) is 53.1 cm³/mol. The summed E-state index contributed by atoms with van der Waals surface area (Å²) in [6.45, 7) is 0. The number of halogens is 6. The summed E-state index contributed by atoms with van der Waals surface area (Å²) in [7, 11) is 0. The normalized spacial score (nSPS) is 13.5. The van der Waals surface area contributed by atoms with E-state index in [1.165, 1.54) is 0 Å². The number of hydrogen-bond donors (Lipinski definition) is 1. The van der Waals surface area contributed by atoms with Crippen molar-refractivity contribution in [3.05, 3.63) is 41.5 Å². The topological polar surface area (TPSA) is 37.3 Å². The van der Waals surface area contributed by atoms with E-state index in [0.717, 1.165) is 0 Å². The first-order valence-corrected chi connectivity index (χ1v) is 4.71. The number of alkyl halides is 6. The van der Waals surface area contributed by atoms with Gasteiger partial charge in [0.15, 0.2) is 0 Å². The zero-order chi connectivity index (χ0) is 14.8. The van der Waals surface area contributed by atoms with Crippen LogP contribution in [0.15, 0.2) is 30.3 Å². The molecule has 0 heterocycles. The monoisotopic (exact) mass is 284 g/mol. The number of carbonyl (C=O) groups is 1. The quantitative estimate of drug-likeness (QED) is 0.663. The van der Waals surface area contributed by atoms with Gasteiger partial charge in [0.25, 0.3) is 0 Å². The second-order valence-corrected chi connectivity index (χ2v) is 3.47. The first-order chi connectivity index (χ1) is 8.51. The Bertz CT molecular complexity index is 495. The summed E-state index contributed by atoms with van der Waals surface area (Å²) < 4.78 is 74.3. The van der Waals surface area contributed by atoms with Gasteiger partial charge in [-0.3, -0.25) is 0 Å². The molecule has 0 saturated heterocycles. The molecule has 0 bridgehead atoms. The lowest BCUT2D eigenvalue weighted by Gasteiger charge is -2.12. The highest BCUT2D eigenvalue weighted by atomic mass is 19.4. The van der Waals surface area contributed by atoms with E-state index in [-0.39, 0.29) is 6.08 Å². The van der Waals surface area contributed by atoms with Crippen molar-refractivity contribution in [2.45, 2.75) is 12.4 Å². The minimum atomic E-state index is -4.97. The first-order valence-electron chi connectivity index (χ1n) is 4.71. The van der Waals surface area contributed by atoms with E-state index in [1.807, 2.05) is 0 Å². The fraction of sp³-hybridized carbons (Fsp3) is 0.182. The lowest BCUT2D eigenvalue weighted by molar-refractivity contribution is -0.137. The van der Waals surface area contributed by atoms with Crippen molar-refractivity contribution in [1.82, 2.24) is 0 Å². The van der Waals surface area contributed by atoms with Gasteiger partial charge in [-0.15, -0.1) is 0 Å². The molecular formula is C11H6F6O2. The smallest absolute Gasteiger partial charge is 0.417 e. The van der Waals surface area contributed by atoms with E-state index >= 15 is 0 Å². The summed E-state index contributed by atoms with van der Waals surface area (Å²) >= 11 is 0. The second-order valence-electron chi connectivity index (χ2n) is 3.47. The predicted octanol–water partition coefficient (Wildman–Crippen LogP) is 3.74. The number of hydrogen-bond acceptors (Lipinski definition) is 1. The van der Waals surface area contributed by atoms with Gasteiger partial charge in [-0.2, -0.15) is 26.3 Å². The average molecular weight is 284 g/mol. The molecule has 1 aromatic rings. The SMILES string of the molecule is O=C(O)C=C(c1ccc(C(F)(F)F)cc1)C(F)(F)F. The Hall–Kier alpha value is -1.99. The largest absolute Gasteiger partial charge is 0.478 e. The number of carboxylic acids is 1.